The van der Waals surface area contributed by atoms with Crippen LogP contribution in [0.3, 0.4) is 0 Å². The van der Waals surface area contributed by atoms with Crippen molar-refractivity contribution < 1.29 is 9.59 Å². The minimum Gasteiger partial charge on any atom is -0.329 e. The van der Waals surface area contributed by atoms with E-state index in [1.165, 1.54) is 11.3 Å². The Balaban J connectivity index is 2.04. The van der Waals surface area contributed by atoms with Crippen LogP contribution >= 0.6 is 11.3 Å². The van der Waals surface area contributed by atoms with Gasteiger partial charge in [-0.2, -0.15) is 4.99 Å². The molecule has 0 radical (unpaired) electrons. The molecule has 7 heteroatoms. The van der Waals surface area contributed by atoms with Crippen molar-refractivity contribution in [3.63, 3.8) is 0 Å². The van der Waals surface area contributed by atoms with Gasteiger partial charge in [0.1, 0.15) is 6.54 Å². The van der Waals surface area contributed by atoms with Crippen LogP contribution in [0.15, 0.2) is 35.2 Å². The third-order valence-electron chi connectivity index (χ3n) is 2.19. The fourth-order valence-corrected chi connectivity index (χ4v) is 2.08. The normalized spacial score (nSPS) is 16.8. The molecule has 1 aromatic heterocycles. The van der Waals surface area contributed by atoms with Crippen LogP contribution in [0.5, 0.6) is 0 Å². The molecule has 18 heavy (non-hydrogen) atoms. The minimum atomic E-state index is -0.510. The van der Waals surface area contributed by atoms with Crippen molar-refractivity contribution in [2.24, 2.45) is 4.99 Å². The van der Waals surface area contributed by atoms with E-state index < -0.39 is 6.03 Å². The molecule has 0 bridgehead atoms. The molecule has 0 aliphatic carbocycles. The van der Waals surface area contributed by atoms with E-state index in [0.717, 1.165) is 0 Å². The van der Waals surface area contributed by atoms with Gasteiger partial charge in [0.2, 0.25) is 11.9 Å². The molecule has 2 N–H and O–H groups in total. The van der Waals surface area contributed by atoms with Gasteiger partial charge >= 0.3 is 6.03 Å². The summed E-state index contributed by atoms with van der Waals surface area (Å²) in [6.45, 7) is 4.24. The number of hydrogen-bond donors (Lipinski definition) is 2. The Morgan fingerprint density at radius 2 is 2.56 bits per heavy atom. The molecule has 1 saturated heterocycles. The third kappa shape index (κ3) is 2.95. The number of guanidine groups is 1. The zero-order valence-corrected chi connectivity index (χ0v) is 10.4. The average Bonchev–Trinajstić information content (AvgIpc) is 2.90. The van der Waals surface area contributed by atoms with E-state index in [1.54, 1.807) is 17.0 Å². The van der Waals surface area contributed by atoms with Gasteiger partial charge in [0.05, 0.1) is 5.00 Å². The third-order valence-corrected chi connectivity index (χ3v) is 2.98. The molecule has 3 amide bonds. The highest BCUT2D eigenvalue weighted by atomic mass is 32.1. The van der Waals surface area contributed by atoms with Crippen LogP contribution in [-0.4, -0.2) is 35.9 Å². The largest absolute Gasteiger partial charge is 0.349 e. The molecule has 6 nitrogen and oxygen atoms in total. The minimum absolute atomic E-state index is 0.181. The summed E-state index contributed by atoms with van der Waals surface area (Å²) < 4.78 is 0. The second kappa shape index (κ2) is 5.46. The fourth-order valence-electron chi connectivity index (χ4n) is 1.48. The Kier molecular flexibility index (Phi) is 3.73. The molecular formula is C11H12N4O2S. The van der Waals surface area contributed by atoms with Crippen LogP contribution in [0.4, 0.5) is 9.80 Å². The Morgan fingerprint density at radius 3 is 3.22 bits per heavy atom. The van der Waals surface area contributed by atoms with E-state index in [2.05, 4.69) is 22.2 Å². The first-order valence-corrected chi connectivity index (χ1v) is 6.16. The molecule has 1 aromatic rings. The van der Waals surface area contributed by atoms with Crippen LogP contribution in [0, 0.1) is 0 Å². The first-order chi connectivity index (χ1) is 8.69. The quantitative estimate of drug-likeness (QED) is 0.807. The Morgan fingerprint density at radius 1 is 1.72 bits per heavy atom. The van der Waals surface area contributed by atoms with Crippen molar-refractivity contribution in [3.8, 4) is 0 Å². The van der Waals surface area contributed by atoms with Crippen molar-refractivity contribution in [2.75, 3.05) is 18.4 Å². The van der Waals surface area contributed by atoms with Crippen molar-refractivity contribution in [2.45, 2.75) is 0 Å². The van der Waals surface area contributed by atoms with Gasteiger partial charge in [0.15, 0.2) is 0 Å². The van der Waals surface area contributed by atoms with E-state index in [1.807, 2.05) is 11.4 Å². The first-order valence-electron chi connectivity index (χ1n) is 5.28. The van der Waals surface area contributed by atoms with Crippen LogP contribution < -0.4 is 10.6 Å². The molecule has 0 unspecified atom stereocenters. The smallest absolute Gasteiger partial charge is 0.329 e. The molecule has 94 valence electrons. The number of rotatable bonds is 3. The molecule has 0 atom stereocenters. The predicted molar refractivity (Wildman–Crippen MR) is 70.7 cm³/mol. The number of carbonyl (C=O) groups excluding carboxylic acids is 2. The average molecular weight is 264 g/mol. The Labute approximate surface area is 108 Å². The summed E-state index contributed by atoms with van der Waals surface area (Å²) in [5, 5.41) is 7.71. The van der Waals surface area contributed by atoms with Gasteiger partial charge in [0.25, 0.3) is 0 Å². The van der Waals surface area contributed by atoms with E-state index in [9.17, 15) is 9.59 Å². The number of carbonyl (C=O) groups is 2. The van der Waals surface area contributed by atoms with Gasteiger partial charge in [-0.3, -0.25) is 15.4 Å². The lowest BCUT2D eigenvalue weighted by Gasteiger charge is -2.12. The van der Waals surface area contributed by atoms with Crippen molar-refractivity contribution >= 4 is 34.2 Å². The molecule has 0 spiro atoms. The van der Waals surface area contributed by atoms with Gasteiger partial charge in [-0.05, 0) is 17.5 Å². The first kappa shape index (κ1) is 12.3. The maximum atomic E-state index is 11.6. The number of nitrogens with one attached hydrogen (secondary N) is 2. The standard InChI is InChI=1S/C11H12N4O2S/c1-2-5-15-7-8(16)12-10(15)14-11(17)13-9-4-3-6-18-9/h2-4,6H,1,5,7H2,(H2,12,13,14,16,17). The molecular weight excluding hydrogens is 252 g/mol. The molecule has 1 fully saturated rings. The highest BCUT2D eigenvalue weighted by Crippen LogP contribution is 2.15. The van der Waals surface area contributed by atoms with E-state index in [0.29, 0.717) is 11.5 Å². The van der Waals surface area contributed by atoms with Gasteiger partial charge in [0, 0.05) is 6.54 Å². The molecule has 0 saturated carbocycles. The lowest BCUT2D eigenvalue weighted by atomic mass is 10.5. The second-order valence-electron chi connectivity index (χ2n) is 3.56. The van der Waals surface area contributed by atoms with Crippen LogP contribution in [0.2, 0.25) is 0 Å². The second-order valence-corrected chi connectivity index (χ2v) is 4.51. The summed E-state index contributed by atoms with van der Waals surface area (Å²) in [6, 6.07) is 3.09. The molecule has 1 aliphatic heterocycles. The number of amides is 3. The van der Waals surface area contributed by atoms with E-state index in [-0.39, 0.29) is 18.4 Å². The van der Waals surface area contributed by atoms with Crippen LogP contribution in [-0.2, 0) is 4.79 Å². The van der Waals surface area contributed by atoms with Gasteiger partial charge in [-0.1, -0.05) is 6.08 Å². The SMILES string of the molecule is C=CCN1CC(=O)NC1=NC(=O)Nc1cccs1. The monoisotopic (exact) mass is 264 g/mol. The maximum absolute atomic E-state index is 11.6. The summed E-state index contributed by atoms with van der Waals surface area (Å²) in [7, 11) is 0. The van der Waals surface area contributed by atoms with Crippen LogP contribution in [0.1, 0.15) is 0 Å². The maximum Gasteiger partial charge on any atom is 0.349 e. The number of urea groups is 1. The summed E-state index contributed by atoms with van der Waals surface area (Å²) in [6.07, 6.45) is 1.65. The molecule has 2 rings (SSSR count). The zero-order chi connectivity index (χ0) is 13.0. The number of thiophene rings is 1. The molecule has 2 heterocycles. The summed E-state index contributed by atoms with van der Waals surface area (Å²) in [5.41, 5.74) is 0. The summed E-state index contributed by atoms with van der Waals surface area (Å²) in [5.74, 6) is 0.0773. The van der Waals surface area contributed by atoms with Gasteiger partial charge in [-0.15, -0.1) is 17.9 Å². The Hall–Kier alpha value is -2.15. The zero-order valence-electron chi connectivity index (χ0n) is 9.55. The topological polar surface area (TPSA) is 73.8 Å². The lowest BCUT2D eigenvalue weighted by molar-refractivity contribution is -0.118. The summed E-state index contributed by atoms with van der Waals surface area (Å²) >= 11 is 1.40. The van der Waals surface area contributed by atoms with Gasteiger partial charge in [-0.25, -0.2) is 4.79 Å². The predicted octanol–water partition coefficient (Wildman–Crippen LogP) is 1.25. The number of hydrogen-bond acceptors (Lipinski definition) is 3. The number of nitrogens with zero attached hydrogens (tertiary/aromatic N) is 2. The highest BCUT2D eigenvalue weighted by molar-refractivity contribution is 7.14. The molecule has 0 aromatic carbocycles. The Bertz CT molecular complexity index is 495. The highest BCUT2D eigenvalue weighted by Gasteiger charge is 2.24. The summed E-state index contributed by atoms with van der Waals surface area (Å²) in [4.78, 5) is 28.3. The lowest BCUT2D eigenvalue weighted by Crippen LogP contribution is -2.32. The number of anilines is 1. The number of aliphatic imine (C=N–C) groups is 1. The van der Waals surface area contributed by atoms with E-state index in [4.69, 9.17) is 0 Å². The van der Waals surface area contributed by atoms with Crippen molar-refractivity contribution in [1.82, 2.24) is 10.2 Å². The van der Waals surface area contributed by atoms with Crippen molar-refractivity contribution in [3.05, 3.63) is 30.2 Å². The van der Waals surface area contributed by atoms with Gasteiger partial charge < -0.3 is 4.90 Å². The molecule has 1 aliphatic rings. The van der Waals surface area contributed by atoms with Crippen LogP contribution in [0.25, 0.3) is 0 Å². The van der Waals surface area contributed by atoms with E-state index >= 15 is 0 Å². The van der Waals surface area contributed by atoms with Crippen molar-refractivity contribution in [1.29, 1.82) is 0 Å². The fraction of sp³-hybridized carbons (Fsp3) is 0.182.